The number of nitrogens with zero attached hydrogens (tertiary/aromatic N) is 4. The number of aromatic nitrogens is 4. The molecule has 0 bridgehead atoms. The van der Waals surface area contributed by atoms with Gasteiger partial charge in [-0.15, -0.1) is 11.3 Å². The molecule has 0 fully saturated rings. The molecule has 0 aliphatic heterocycles. The molecule has 138 valence electrons. The van der Waals surface area contributed by atoms with Crippen molar-refractivity contribution in [3.8, 4) is 5.82 Å². The topological polar surface area (TPSA) is 102 Å². The van der Waals surface area contributed by atoms with E-state index < -0.39 is 10.0 Å². The molecule has 3 aromatic heterocycles. The second kappa shape index (κ2) is 7.70. The van der Waals surface area contributed by atoms with E-state index in [1.165, 1.54) is 12.4 Å². The molecule has 3 rings (SSSR count). The maximum absolute atomic E-state index is 12.1. The highest BCUT2D eigenvalue weighted by atomic mass is 35.5. The van der Waals surface area contributed by atoms with Crippen molar-refractivity contribution in [2.75, 3.05) is 18.4 Å². The molecule has 0 atom stereocenters. The summed E-state index contributed by atoms with van der Waals surface area (Å²) in [5.41, 5.74) is 1.93. The second-order valence-corrected chi connectivity index (χ2v) is 9.14. The van der Waals surface area contributed by atoms with E-state index in [9.17, 15) is 8.42 Å². The summed E-state index contributed by atoms with van der Waals surface area (Å²) in [4.78, 5) is 12.6. The van der Waals surface area contributed by atoms with Gasteiger partial charge in [0.2, 0.25) is 10.0 Å². The molecule has 2 N–H and O–H groups in total. The maximum Gasteiger partial charge on any atom is 0.250 e. The minimum atomic E-state index is -3.55. The lowest BCUT2D eigenvalue weighted by atomic mass is 10.4. The summed E-state index contributed by atoms with van der Waals surface area (Å²) in [6.45, 7) is 4.47. The molecule has 0 spiro atoms. The average Bonchev–Trinajstić information content (AvgIpc) is 3.19. The first-order valence-corrected chi connectivity index (χ1v) is 10.4. The Hall–Kier alpha value is -2.01. The van der Waals surface area contributed by atoms with E-state index in [0.29, 0.717) is 22.5 Å². The van der Waals surface area contributed by atoms with Crippen LogP contribution in [0, 0.1) is 13.8 Å². The summed E-state index contributed by atoms with van der Waals surface area (Å²) in [5, 5.41) is 3.08. The molecule has 0 radical (unpaired) electrons. The minimum absolute atomic E-state index is 0.192. The molecule has 0 unspecified atom stereocenters. The smallest absolute Gasteiger partial charge is 0.250 e. The zero-order valence-corrected chi connectivity index (χ0v) is 16.5. The van der Waals surface area contributed by atoms with Crippen molar-refractivity contribution >= 4 is 38.8 Å². The molecule has 8 nitrogen and oxygen atoms in total. The molecule has 3 aromatic rings. The number of thiophene rings is 1. The van der Waals surface area contributed by atoms with Crippen LogP contribution in [0.15, 0.2) is 35.1 Å². The van der Waals surface area contributed by atoms with Crippen LogP contribution in [0.2, 0.25) is 4.34 Å². The summed E-state index contributed by atoms with van der Waals surface area (Å²) < 4.78 is 29.2. The quantitative estimate of drug-likeness (QED) is 0.577. The first kappa shape index (κ1) is 18.8. The van der Waals surface area contributed by atoms with E-state index >= 15 is 0 Å². The van der Waals surface area contributed by atoms with Crippen LogP contribution in [0.4, 0.5) is 5.82 Å². The Morgan fingerprint density at radius 3 is 2.65 bits per heavy atom. The molecular formula is C15H17ClN6O2S2. The van der Waals surface area contributed by atoms with E-state index in [1.54, 1.807) is 18.5 Å². The van der Waals surface area contributed by atoms with Gasteiger partial charge in [0.05, 0.1) is 10.0 Å². The van der Waals surface area contributed by atoms with Gasteiger partial charge in [0.25, 0.3) is 0 Å². The van der Waals surface area contributed by atoms with Crippen LogP contribution in [0.3, 0.4) is 0 Å². The number of hydrogen-bond donors (Lipinski definition) is 2. The first-order valence-electron chi connectivity index (χ1n) is 7.68. The Bertz CT molecular complexity index is 1010. The van der Waals surface area contributed by atoms with E-state index in [-0.39, 0.29) is 10.8 Å². The monoisotopic (exact) mass is 412 g/mol. The Balaban J connectivity index is 1.59. The van der Waals surface area contributed by atoms with Gasteiger partial charge in [-0.25, -0.2) is 28.1 Å². The van der Waals surface area contributed by atoms with E-state index in [4.69, 9.17) is 11.6 Å². The highest BCUT2D eigenvalue weighted by Crippen LogP contribution is 2.25. The van der Waals surface area contributed by atoms with Gasteiger partial charge in [0.1, 0.15) is 28.5 Å². The lowest BCUT2D eigenvalue weighted by Crippen LogP contribution is -2.28. The van der Waals surface area contributed by atoms with E-state index in [2.05, 4.69) is 25.0 Å². The number of sulfonamides is 1. The number of halogens is 1. The van der Waals surface area contributed by atoms with Crippen molar-refractivity contribution in [2.45, 2.75) is 18.1 Å². The van der Waals surface area contributed by atoms with Gasteiger partial charge in [-0.3, -0.25) is 4.57 Å². The second-order valence-electron chi connectivity index (χ2n) is 5.43. The Morgan fingerprint density at radius 2 is 2.00 bits per heavy atom. The fourth-order valence-electron chi connectivity index (χ4n) is 2.19. The van der Waals surface area contributed by atoms with Gasteiger partial charge in [-0.1, -0.05) is 11.6 Å². The number of nitrogens with one attached hydrogen (secondary N) is 2. The SMILES string of the molecule is Cc1ncn(-c2cc(NCCNS(=O)(=O)c3ccc(Cl)s3)ncn2)c1C. The van der Waals surface area contributed by atoms with Gasteiger partial charge in [-0.05, 0) is 26.0 Å². The fourth-order valence-corrected chi connectivity index (χ4v) is 4.75. The number of rotatable bonds is 7. The summed E-state index contributed by atoms with van der Waals surface area (Å²) in [5.74, 6) is 1.29. The Labute approximate surface area is 160 Å². The molecule has 11 heteroatoms. The number of anilines is 1. The van der Waals surface area contributed by atoms with E-state index in [1.807, 2.05) is 18.4 Å². The van der Waals surface area contributed by atoms with Crippen molar-refractivity contribution in [3.63, 3.8) is 0 Å². The largest absolute Gasteiger partial charge is 0.369 e. The third-order valence-corrected chi connectivity index (χ3v) is 6.87. The van der Waals surface area contributed by atoms with E-state index in [0.717, 1.165) is 22.7 Å². The highest BCUT2D eigenvalue weighted by molar-refractivity contribution is 7.91. The van der Waals surface area contributed by atoms with Gasteiger partial charge >= 0.3 is 0 Å². The van der Waals surface area contributed by atoms with Gasteiger partial charge in [0.15, 0.2) is 0 Å². The summed E-state index contributed by atoms with van der Waals surface area (Å²) in [6.07, 6.45) is 3.15. The molecule has 0 aliphatic rings. The van der Waals surface area contributed by atoms with Crippen LogP contribution >= 0.6 is 22.9 Å². The lowest BCUT2D eigenvalue weighted by molar-refractivity contribution is 0.585. The van der Waals surface area contributed by atoms with Crippen molar-refractivity contribution in [3.05, 3.63) is 46.6 Å². The Kier molecular flexibility index (Phi) is 5.56. The van der Waals surface area contributed by atoms with Crippen LogP contribution in [-0.4, -0.2) is 41.0 Å². The van der Waals surface area contributed by atoms with Gasteiger partial charge < -0.3 is 5.32 Å². The van der Waals surface area contributed by atoms with Crippen molar-refractivity contribution in [1.82, 2.24) is 24.2 Å². The van der Waals surface area contributed by atoms with Crippen molar-refractivity contribution in [2.24, 2.45) is 0 Å². The summed E-state index contributed by atoms with van der Waals surface area (Å²) in [6, 6.07) is 4.82. The molecule has 3 heterocycles. The number of imidazole rings is 1. The fraction of sp³-hybridized carbons (Fsp3) is 0.267. The molecule has 26 heavy (non-hydrogen) atoms. The molecule has 0 aliphatic carbocycles. The van der Waals surface area contributed by atoms with Crippen molar-refractivity contribution in [1.29, 1.82) is 0 Å². The summed E-state index contributed by atoms with van der Waals surface area (Å²) >= 11 is 6.80. The molecular weight excluding hydrogens is 396 g/mol. The third kappa shape index (κ3) is 4.21. The van der Waals surface area contributed by atoms with Crippen LogP contribution in [0.5, 0.6) is 0 Å². The normalized spacial score (nSPS) is 11.7. The van der Waals surface area contributed by atoms with Crippen LogP contribution < -0.4 is 10.0 Å². The first-order chi connectivity index (χ1) is 12.4. The average molecular weight is 413 g/mol. The number of hydrogen-bond acceptors (Lipinski definition) is 7. The lowest BCUT2D eigenvalue weighted by Gasteiger charge is -2.09. The maximum atomic E-state index is 12.1. The minimum Gasteiger partial charge on any atom is -0.369 e. The van der Waals surface area contributed by atoms with Gasteiger partial charge in [0, 0.05) is 24.8 Å². The van der Waals surface area contributed by atoms with Gasteiger partial charge in [-0.2, -0.15) is 0 Å². The highest BCUT2D eigenvalue weighted by Gasteiger charge is 2.15. The van der Waals surface area contributed by atoms with Crippen LogP contribution in [0.25, 0.3) is 5.82 Å². The molecule has 0 saturated carbocycles. The zero-order chi connectivity index (χ0) is 18.7. The zero-order valence-electron chi connectivity index (χ0n) is 14.1. The third-order valence-electron chi connectivity index (χ3n) is 3.69. The molecule has 0 saturated heterocycles. The van der Waals surface area contributed by atoms with Crippen LogP contribution in [0.1, 0.15) is 11.4 Å². The van der Waals surface area contributed by atoms with Crippen molar-refractivity contribution < 1.29 is 8.42 Å². The van der Waals surface area contributed by atoms with Crippen LogP contribution in [-0.2, 0) is 10.0 Å². The predicted octanol–water partition coefficient (Wildman–Crippen LogP) is 2.38. The standard InChI is InChI=1S/C15H17ClN6O2S2/c1-10-11(2)22(9-20-10)14-7-13(18-8-19-14)17-5-6-21-26(23,24)15-4-3-12(16)25-15/h3-4,7-9,21H,5-6H2,1-2H3,(H,17,18,19). The predicted molar refractivity (Wildman–Crippen MR) is 102 cm³/mol. The number of aryl methyl sites for hydroxylation is 1. The summed E-state index contributed by atoms with van der Waals surface area (Å²) in [7, 11) is -3.55. The molecule has 0 aromatic carbocycles. The molecule has 0 amide bonds. The Morgan fingerprint density at radius 1 is 1.19 bits per heavy atom.